The van der Waals surface area contributed by atoms with E-state index < -0.39 is 148 Å². The van der Waals surface area contributed by atoms with Gasteiger partial charge in [-0.1, -0.05) is 112 Å². The van der Waals surface area contributed by atoms with Crippen LogP contribution in [0.4, 0.5) is 0 Å². The van der Waals surface area contributed by atoms with Crippen LogP contribution in [0.2, 0.25) is 0 Å². The number of carboxylic acids is 1. The summed E-state index contributed by atoms with van der Waals surface area (Å²) in [5.41, 5.74) is 20.9. The molecule has 7 rings (SSSR count). The van der Waals surface area contributed by atoms with Gasteiger partial charge in [0.1, 0.15) is 48.8 Å². The molecule has 6 N–H and O–H groups in total. The monoisotopic (exact) mass is 1070 g/mol. The number of carbonyl (C=O) groups excluding carboxylic acids is 1. The molecule has 5 saturated heterocycles. The summed E-state index contributed by atoms with van der Waals surface area (Å²) in [7, 11) is 0. The Morgan fingerprint density at radius 1 is 0.539 bits per heavy atom. The largest absolute Gasteiger partial charge is 0.479 e. The predicted octanol–water partition coefficient (Wildman–Crippen LogP) is 3.04. The number of nitrogens with zero attached hydrogens (tertiary/aromatic N) is 6. The molecule has 25 atom stereocenters. The number of aliphatic hydroxyl groups excluding tert-OH is 5. The molecule has 2 aromatic rings. The number of aliphatic hydroxyl groups is 5. The molecule has 420 valence electrons. The lowest BCUT2D eigenvalue weighted by Crippen LogP contribution is -2.65. The second-order valence-corrected chi connectivity index (χ2v) is 20.0. The van der Waals surface area contributed by atoms with Crippen molar-refractivity contribution in [2.24, 2.45) is 45.7 Å². The van der Waals surface area contributed by atoms with Crippen LogP contribution in [0.1, 0.15) is 52.7 Å². The number of ether oxygens (including phenoxy) is 12. The van der Waals surface area contributed by atoms with E-state index in [4.69, 9.17) is 56.8 Å². The third kappa shape index (κ3) is 13.3. The van der Waals surface area contributed by atoms with Crippen LogP contribution in [0, 0.1) is 35.5 Å². The van der Waals surface area contributed by atoms with E-state index in [9.17, 15) is 51.3 Å². The number of hydrogen-bond acceptors (Lipinski definition) is 21. The Morgan fingerprint density at radius 2 is 1.07 bits per heavy atom. The Bertz CT molecular complexity index is 2250. The van der Waals surface area contributed by atoms with Crippen molar-refractivity contribution in [2.45, 2.75) is 172 Å². The predicted molar refractivity (Wildman–Crippen MR) is 258 cm³/mol. The van der Waals surface area contributed by atoms with Gasteiger partial charge in [0.05, 0.1) is 57.4 Å². The number of aliphatic carboxylic acids is 1. The van der Waals surface area contributed by atoms with Crippen LogP contribution in [0.5, 0.6) is 0 Å². The summed E-state index contributed by atoms with van der Waals surface area (Å²) in [6.45, 7) is 9.10. The molecular formula is C50H70N6O20. The highest BCUT2D eigenvalue weighted by atomic mass is 16.8. The van der Waals surface area contributed by atoms with Crippen molar-refractivity contribution in [2.75, 3.05) is 19.8 Å². The number of benzene rings is 2. The molecule has 0 amide bonds. The Balaban J connectivity index is 1.08. The average Bonchev–Trinajstić information content (AvgIpc) is 3.43. The van der Waals surface area contributed by atoms with Gasteiger partial charge in [-0.15, -0.1) is 0 Å². The van der Waals surface area contributed by atoms with Crippen molar-refractivity contribution in [1.29, 1.82) is 0 Å². The van der Waals surface area contributed by atoms with Crippen molar-refractivity contribution >= 4 is 12.4 Å². The standard InChI is InChI=1S/C50H70N6O20/c1-23-24(2)34(53-55-51)46(68-31(23)17-57)73-41-28(6)40(65-20-29-13-9-7-10-14-29)50(76-49(41)67-22-60)74-42-33(19-59)70-47(35(37(42)62)54-56-52)72-39-27(5)36(61)48(75-43(39)44(63)64)71-38-25(3)26(4)45(69-32(38)18-58)66-21-30-15-11-8-12-16-30/h7-16,22-28,31-43,45-50,57-59,61-62H,17-21H2,1-6H3,(H,63,64)/t23-,24-,25+,26?,27+,28+,31?,32?,33?,34?,35?,36?,37+,38-,39-,40?,41-,42+,43?,45-,46+,47+,48+,49?,50+/m0/s1. The molecule has 5 aliphatic heterocycles. The highest BCUT2D eigenvalue weighted by Gasteiger charge is 2.57. The van der Waals surface area contributed by atoms with Crippen molar-refractivity contribution in [3.63, 3.8) is 0 Å². The van der Waals surface area contributed by atoms with Gasteiger partial charge in [0, 0.05) is 27.6 Å². The Kier molecular flexibility index (Phi) is 21.2. The summed E-state index contributed by atoms with van der Waals surface area (Å²) in [6.07, 6.45) is -23.5. The quantitative estimate of drug-likeness (QED) is 0.0427. The van der Waals surface area contributed by atoms with E-state index >= 15 is 0 Å². The molecule has 0 saturated carbocycles. The molecule has 76 heavy (non-hydrogen) atoms. The maximum absolute atomic E-state index is 13.0. The summed E-state index contributed by atoms with van der Waals surface area (Å²) in [5.74, 6) is -4.75. The second kappa shape index (κ2) is 27.3. The van der Waals surface area contributed by atoms with E-state index in [1.54, 1.807) is 31.2 Å². The summed E-state index contributed by atoms with van der Waals surface area (Å²) >= 11 is 0. The van der Waals surface area contributed by atoms with Gasteiger partial charge in [0.25, 0.3) is 6.47 Å². The van der Waals surface area contributed by atoms with Crippen molar-refractivity contribution in [3.8, 4) is 0 Å². The fraction of sp³-hybridized carbons (Fsp3) is 0.720. The summed E-state index contributed by atoms with van der Waals surface area (Å²) in [6, 6.07) is 15.8. The molecule has 26 heteroatoms. The van der Waals surface area contributed by atoms with Crippen LogP contribution in [0.25, 0.3) is 20.9 Å². The fourth-order valence-corrected chi connectivity index (χ4v) is 10.5. The van der Waals surface area contributed by atoms with Crippen LogP contribution < -0.4 is 0 Å². The first-order chi connectivity index (χ1) is 36.6. The van der Waals surface area contributed by atoms with Gasteiger partial charge < -0.3 is 87.5 Å². The van der Waals surface area contributed by atoms with Crippen molar-refractivity contribution in [3.05, 3.63) is 92.7 Å². The van der Waals surface area contributed by atoms with Gasteiger partial charge in [0.15, 0.2) is 37.6 Å². The molecule has 0 aromatic heterocycles. The van der Waals surface area contributed by atoms with Gasteiger partial charge >= 0.3 is 5.97 Å². The summed E-state index contributed by atoms with van der Waals surface area (Å²) in [5, 5.41) is 73.4. The zero-order valence-electron chi connectivity index (χ0n) is 42.9. The van der Waals surface area contributed by atoms with Gasteiger partial charge in [-0.25, -0.2) is 4.79 Å². The minimum Gasteiger partial charge on any atom is -0.479 e. The van der Waals surface area contributed by atoms with E-state index in [1.807, 2.05) is 64.1 Å². The third-order valence-corrected chi connectivity index (χ3v) is 15.4. The lowest BCUT2D eigenvalue weighted by Gasteiger charge is -2.50. The molecule has 5 heterocycles. The van der Waals surface area contributed by atoms with Crippen molar-refractivity contribution in [1.82, 2.24) is 0 Å². The van der Waals surface area contributed by atoms with Gasteiger partial charge in [-0.3, -0.25) is 4.79 Å². The van der Waals surface area contributed by atoms with Gasteiger partial charge in [0.2, 0.25) is 6.29 Å². The molecule has 26 nitrogen and oxygen atoms in total. The van der Waals surface area contributed by atoms with Crippen LogP contribution in [0.3, 0.4) is 0 Å². The zero-order chi connectivity index (χ0) is 54.8. The third-order valence-electron chi connectivity index (χ3n) is 15.4. The van der Waals surface area contributed by atoms with E-state index in [1.165, 1.54) is 6.92 Å². The molecule has 10 unspecified atom stereocenters. The van der Waals surface area contributed by atoms with Crippen molar-refractivity contribution < 1.29 is 97.1 Å². The first-order valence-corrected chi connectivity index (χ1v) is 25.4. The van der Waals surface area contributed by atoms with Gasteiger partial charge in [-0.2, -0.15) is 0 Å². The van der Waals surface area contributed by atoms with E-state index in [-0.39, 0.29) is 50.0 Å². The van der Waals surface area contributed by atoms with E-state index in [0.29, 0.717) is 0 Å². The number of rotatable bonds is 22. The first-order valence-electron chi connectivity index (χ1n) is 25.4. The van der Waals surface area contributed by atoms with Crippen LogP contribution in [0.15, 0.2) is 70.9 Å². The van der Waals surface area contributed by atoms with Crippen LogP contribution in [-0.2, 0) is 79.6 Å². The average molecular weight is 1080 g/mol. The van der Waals surface area contributed by atoms with E-state index in [0.717, 1.165) is 11.1 Å². The number of carbonyl (C=O) groups is 2. The SMILES string of the molecule is CC1[C@@H](OCc2ccccc2)OC(CO)[C@@H](O[C@@H]2OC(C(=O)O)[C@@H](O[C@H]3OC(CO)[C@@H](O[C@@H]4OC(OC=O)[C@@H](O[C@H]5OC(CO)[C@@H](C)[C@H](C)C5N=[N+]=[N-])[C@H](C)C4OCc4ccccc4)[C@H](O)C3N=[N+]=[N-])[C@H](C)C2O)[C@@H]1C. The fourth-order valence-electron chi connectivity index (χ4n) is 10.5. The molecule has 5 fully saturated rings. The topological polar surface area (TPSA) is 364 Å². The Hall–Kier alpha value is -4.64. The summed E-state index contributed by atoms with van der Waals surface area (Å²) in [4.78, 5) is 30.9. The van der Waals surface area contributed by atoms with Gasteiger partial charge in [-0.05, 0) is 39.9 Å². The molecule has 0 aliphatic carbocycles. The first kappa shape index (κ1) is 59.0. The lowest BCUT2D eigenvalue weighted by molar-refractivity contribution is -0.390. The summed E-state index contributed by atoms with van der Waals surface area (Å²) < 4.78 is 73.8. The van der Waals surface area contributed by atoms with Crippen LogP contribution in [-0.4, -0.2) is 180 Å². The Labute approximate surface area is 438 Å². The highest BCUT2D eigenvalue weighted by molar-refractivity contribution is 5.73. The second-order valence-electron chi connectivity index (χ2n) is 20.0. The van der Waals surface area contributed by atoms with Crippen LogP contribution >= 0.6 is 0 Å². The zero-order valence-corrected chi connectivity index (χ0v) is 42.9. The lowest BCUT2D eigenvalue weighted by atomic mass is 9.82. The number of carboxylic acid groups (broad SMARTS) is 1. The highest BCUT2D eigenvalue weighted by Crippen LogP contribution is 2.42. The maximum atomic E-state index is 13.0. The molecule has 5 aliphatic rings. The van der Waals surface area contributed by atoms with E-state index in [2.05, 4.69) is 20.1 Å². The molecule has 0 radical (unpaired) electrons. The molecule has 2 aromatic carbocycles. The number of hydrogen-bond donors (Lipinski definition) is 6. The molecular weight excluding hydrogens is 1000 g/mol. The maximum Gasteiger partial charge on any atom is 0.335 e. The normalized spacial score (nSPS) is 41.7. The number of azide groups is 2. The smallest absolute Gasteiger partial charge is 0.335 e. The molecule has 0 spiro atoms. The minimum atomic E-state index is -1.89. The molecule has 0 bridgehead atoms. The minimum absolute atomic E-state index is 0.0266. The Morgan fingerprint density at radius 3 is 1.66 bits per heavy atom.